The predicted molar refractivity (Wildman–Crippen MR) is 189 cm³/mol. The van der Waals surface area contributed by atoms with Crippen LogP contribution in [-0.4, -0.2) is 9.97 Å². The third-order valence-corrected chi connectivity index (χ3v) is 13.4. The Bertz CT molecular complexity index is 2770. The summed E-state index contributed by atoms with van der Waals surface area (Å²) in [6.45, 7) is 0. The molecule has 0 amide bonds. The fourth-order valence-electron chi connectivity index (χ4n) is 7.05. The standard InChI is InChI=1S/C36H16N2S4/c1-3-7-23-17(5-1)29-25(39-23)9-11-27-31(29)33-34-32-28(12-10-26-30(32)18-6-2-4-8-24(18)40-26)42-36(34)20-16-22-21(37-13-14-38-22)15-19(20)35(33)41-27/h1-16H. The van der Waals surface area contributed by atoms with Crippen LogP contribution in [0.3, 0.4) is 0 Å². The molecule has 0 aliphatic heterocycles. The van der Waals surface area contributed by atoms with Crippen molar-refractivity contribution in [3.05, 3.63) is 97.3 Å². The maximum absolute atomic E-state index is 4.71. The molecule has 42 heavy (non-hydrogen) atoms. The lowest BCUT2D eigenvalue weighted by molar-refractivity contribution is 1.30. The summed E-state index contributed by atoms with van der Waals surface area (Å²) >= 11 is 7.66. The molecule has 5 heterocycles. The minimum atomic E-state index is 0.946. The number of hydrogen-bond acceptors (Lipinski definition) is 6. The maximum atomic E-state index is 4.71. The normalized spacial score (nSPS) is 12.8. The lowest BCUT2D eigenvalue weighted by Crippen LogP contribution is -1.84. The summed E-state index contributed by atoms with van der Waals surface area (Å²) in [7, 11) is 0. The van der Waals surface area contributed by atoms with Crippen LogP contribution in [0.1, 0.15) is 0 Å². The van der Waals surface area contributed by atoms with Crippen LogP contribution in [0.2, 0.25) is 0 Å². The Hall–Kier alpha value is -4.20. The van der Waals surface area contributed by atoms with Gasteiger partial charge in [-0.25, -0.2) is 0 Å². The van der Waals surface area contributed by atoms with Crippen LogP contribution < -0.4 is 0 Å². The van der Waals surface area contributed by atoms with Gasteiger partial charge in [-0.3, -0.25) is 9.97 Å². The Balaban J connectivity index is 1.52. The van der Waals surface area contributed by atoms with E-state index < -0.39 is 0 Å². The highest BCUT2D eigenvalue weighted by molar-refractivity contribution is 7.31. The molecule has 11 rings (SSSR count). The van der Waals surface area contributed by atoms with Gasteiger partial charge < -0.3 is 0 Å². The second kappa shape index (κ2) is 7.79. The van der Waals surface area contributed by atoms with E-state index in [0.29, 0.717) is 0 Å². The van der Waals surface area contributed by atoms with Crippen molar-refractivity contribution in [2.45, 2.75) is 0 Å². The zero-order valence-corrected chi connectivity index (χ0v) is 25.0. The molecule has 0 unspecified atom stereocenters. The van der Waals surface area contributed by atoms with Crippen molar-refractivity contribution < 1.29 is 0 Å². The van der Waals surface area contributed by atoms with Gasteiger partial charge in [-0.2, -0.15) is 0 Å². The molecular formula is C36H16N2S4. The molecule has 0 fully saturated rings. The van der Waals surface area contributed by atoms with E-state index in [0.717, 1.165) is 11.0 Å². The topological polar surface area (TPSA) is 25.8 Å². The molecule has 0 aliphatic carbocycles. The molecule has 0 N–H and O–H groups in total. The first-order chi connectivity index (χ1) is 20.8. The third-order valence-electron chi connectivity index (χ3n) is 8.74. The summed E-state index contributed by atoms with van der Waals surface area (Å²) < 4.78 is 10.8. The molecule has 0 saturated carbocycles. The van der Waals surface area contributed by atoms with Gasteiger partial charge in [0.15, 0.2) is 0 Å². The number of nitrogens with zero attached hydrogens (tertiary/aromatic N) is 2. The highest BCUT2D eigenvalue weighted by Crippen LogP contribution is 2.54. The van der Waals surface area contributed by atoms with Crippen LogP contribution >= 0.6 is 45.3 Å². The zero-order chi connectivity index (χ0) is 27.1. The van der Waals surface area contributed by atoms with Crippen molar-refractivity contribution in [2.75, 3.05) is 0 Å². The van der Waals surface area contributed by atoms with Crippen LogP contribution in [0.4, 0.5) is 0 Å². The van der Waals surface area contributed by atoms with Gasteiger partial charge in [0.1, 0.15) is 0 Å². The van der Waals surface area contributed by atoms with E-state index in [1.54, 1.807) is 12.4 Å². The van der Waals surface area contributed by atoms with Crippen molar-refractivity contribution in [3.63, 3.8) is 0 Å². The average molecular weight is 605 g/mol. The summed E-state index contributed by atoms with van der Waals surface area (Å²) in [5, 5.41) is 13.6. The average Bonchev–Trinajstić information content (AvgIpc) is 3.79. The minimum Gasteiger partial charge on any atom is -0.253 e. The third kappa shape index (κ3) is 2.70. The van der Waals surface area contributed by atoms with Gasteiger partial charge in [-0.15, -0.1) is 45.3 Å². The number of benzene rings is 6. The lowest BCUT2D eigenvalue weighted by atomic mass is 9.96. The lowest BCUT2D eigenvalue weighted by Gasteiger charge is -2.07. The Morgan fingerprint density at radius 2 is 0.786 bits per heavy atom. The molecule has 0 bridgehead atoms. The van der Waals surface area contributed by atoms with Crippen LogP contribution in [0.25, 0.3) is 102 Å². The van der Waals surface area contributed by atoms with Gasteiger partial charge >= 0.3 is 0 Å². The van der Waals surface area contributed by atoms with Crippen LogP contribution in [0.5, 0.6) is 0 Å². The van der Waals surface area contributed by atoms with Crippen molar-refractivity contribution in [2.24, 2.45) is 0 Å². The number of hydrogen-bond donors (Lipinski definition) is 0. The Labute approximate surface area is 253 Å². The largest absolute Gasteiger partial charge is 0.253 e. The van der Waals surface area contributed by atoms with Gasteiger partial charge in [0.05, 0.1) is 11.0 Å². The number of thiophene rings is 4. The first-order valence-electron chi connectivity index (χ1n) is 13.8. The number of aromatic nitrogens is 2. The quantitative estimate of drug-likeness (QED) is 0.161. The molecule has 6 heteroatoms. The highest BCUT2D eigenvalue weighted by Gasteiger charge is 2.23. The first kappa shape index (κ1) is 22.4. The van der Waals surface area contributed by atoms with Gasteiger partial charge in [0.2, 0.25) is 0 Å². The van der Waals surface area contributed by atoms with Crippen molar-refractivity contribution in [1.29, 1.82) is 0 Å². The molecule has 194 valence electrons. The van der Waals surface area contributed by atoms with Crippen molar-refractivity contribution >= 4 is 148 Å². The summed E-state index contributed by atoms with van der Waals surface area (Å²) in [6, 6.07) is 31.7. The molecule has 11 aromatic rings. The van der Waals surface area contributed by atoms with Gasteiger partial charge in [0, 0.05) is 104 Å². The van der Waals surface area contributed by atoms with Gasteiger partial charge in [-0.1, -0.05) is 36.4 Å². The minimum absolute atomic E-state index is 0.946. The monoisotopic (exact) mass is 604 g/mol. The molecule has 2 nitrogen and oxygen atoms in total. The number of rotatable bonds is 0. The van der Waals surface area contributed by atoms with Crippen LogP contribution in [0, 0.1) is 0 Å². The second-order valence-corrected chi connectivity index (χ2v) is 15.1. The van der Waals surface area contributed by atoms with Crippen molar-refractivity contribution in [1.82, 2.24) is 9.97 Å². The van der Waals surface area contributed by atoms with Gasteiger partial charge in [-0.05, 0) is 48.5 Å². The molecular weight excluding hydrogens is 589 g/mol. The van der Waals surface area contributed by atoms with E-state index in [4.69, 9.17) is 9.97 Å². The van der Waals surface area contributed by atoms with Crippen molar-refractivity contribution in [3.8, 4) is 0 Å². The molecule has 6 aromatic carbocycles. The fraction of sp³-hybridized carbons (Fsp3) is 0. The Morgan fingerprint density at radius 3 is 1.26 bits per heavy atom. The van der Waals surface area contributed by atoms with E-state index in [2.05, 4.69) is 84.9 Å². The smallest absolute Gasteiger partial charge is 0.0893 e. The summed E-state index contributed by atoms with van der Waals surface area (Å²) in [5.41, 5.74) is 1.89. The summed E-state index contributed by atoms with van der Waals surface area (Å²) in [4.78, 5) is 9.43. The van der Waals surface area contributed by atoms with Crippen LogP contribution in [-0.2, 0) is 0 Å². The van der Waals surface area contributed by atoms with E-state index in [9.17, 15) is 0 Å². The Kier molecular flexibility index (Phi) is 4.16. The van der Waals surface area contributed by atoms with E-state index in [-0.39, 0.29) is 0 Å². The SMILES string of the molecule is c1ccc2c(c1)sc1ccc3sc4c5cc6nccnc6cc5c5sc6ccc7sc8ccccc8c7c6c5c4c3c12. The first-order valence-corrected chi connectivity index (χ1v) is 17.1. The molecule has 0 aliphatic rings. The van der Waals surface area contributed by atoms with E-state index >= 15 is 0 Å². The van der Waals surface area contributed by atoms with Gasteiger partial charge in [0.25, 0.3) is 0 Å². The maximum Gasteiger partial charge on any atom is 0.0893 e. The molecule has 0 radical (unpaired) electrons. The molecule has 0 spiro atoms. The predicted octanol–water partition coefficient (Wildman–Crippen LogP) is 12.3. The molecule has 0 atom stereocenters. The summed E-state index contributed by atoms with van der Waals surface area (Å²) in [5.74, 6) is 0. The second-order valence-electron chi connectivity index (χ2n) is 10.9. The Morgan fingerprint density at radius 1 is 0.357 bits per heavy atom. The van der Waals surface area contributed by atoms with E-state index in [1.165, 1.54) is 91.5 Å². The number of fused-ring (bicyclic) bond motifs is 19. The molecule has 5 aromatic heterocycles. The summed E-state index contributed by atoms with van der Waals surface area (Å²) in [6.07, 6.45) is 3.60. The van der Waals surface area contributed by atoms with Crippen LogP contribution in [0.15, 0.2) is 97.3 Å². The highest BCUT2D eigenvalue weighted by atomic mass is 32.1. The molecule has 0 saturated heterocycles. The van der Waals surface area contributed by atoms with E-state index in [1.807, 2.05) is 45.3 Å². The zero-order valence-electron chi connectivity index (χ0n) is 21.8. The fourth-order valence-corrected chi connectivity index (χ4v) is 11.8.